The molecule has 2 heterocycles. The molecule has 2 saturated heterocycles. The molecule has 1 unspecified atom stereocenters. The van der Waals surface area contributed by atoms with Gasteiger partial charge in [-0.2, -0.15) is 0 Å². The lowest BCUT2D eigenvalue weighted by atomic mass is 9.95. The maximum Gasteiger partial charge on any atom is 0.0480 e. The number of nitrogens with zero attached hydrogens (tertiary/aromatic N) is 1. The normalized spacial score (nSPS) is 27.4. The number of likely N-dealkylation sites (tertiary alicyclic amines) is 1. The summed E-state index contributed by atoms with van der Waals surface area (Å²) in [5.41, 5.74) is 0. The molecular formula is C14H28N2O. The van der Waals surface area contributed by atoms with E-state index in [9.17, 15) is 0 Å². The molecule has 100 valence electrons. The molecule has 2 fully saturated rings. The van der Waals surface area contributed by atoms with Crippen LogP contribution in [0.2, 0.25) is 0 Å². The van der Waals surface area contributed by atoms with E-state index in [4.69, 9.17) is 4.74 Å². The zero-order chi connectivity index (χ0) is 12.1. The summed E-state index contributed by atoms with van der Waals surface area (Å²) in [6, 6.07) is 1.60. The lowest BCUT2D eigenvalue weighted by molar-refractivity contribution is -0.0226. The van der Waals surface area contributed by atoms with Crippen LogP contribution in [0.4, 0.5) is 0 Å². The van der Waals surface area contributed by atoms with E-state index < -0.39 is 0 Å². The summed E-state index contributed by atoms with van der Waals surface area (Å²) in [7, 11) is 0. The number of rotatable bonds is 6. The maximum atomic E-state index is 5.44. The molecular weight excluding hydrogens is 212 g/mol. The first-order valence-electron chi connectivity index (χ1n) is 7.31. The molecule has 3 heteroatoms. The summed E-state index contributed by atoms with van der Waals surface area (Å²) in [5.74, 6) is 0.815. The van der Waals surface area contributed by atoms with Crippen LogP contribution in [0.25, 0.3) is 0 Å². The highest BCUT2D eigenvalue weighted by Crippen LogP contribution is 2.25. The van der Waals surface area contributed by atoms with Gasteiger partial charge in [-0.05, 0) is 38.1 Å². The molecule has 0 aromatic heterocycles. The summed E-state index contributed by atoms with van der Waals surface area (Å²) in [5, 5.41) is 3.61. The topological polar surface area (TPSA) is 24.5 Å². The third-order valence-electron chi connectivity index (χ3n) is 4.13. The molecule has 0 aromatic carbocycles. The first kappa shape index (κ1) is 13.3. The largest absolute Gasteiger partial charge is 0.381 e. The number of nitrogens with one attached hydrogen (secondary N) is 1. The number of ether oxygens (including phenoxy) is 1. The molecule has 1 atom stereocenters. The number of hydrogen-bond donors (Lipinski definition) is 1. The van der Waals surface area contributed by atoms with Crippen LogP contribution in [0.5, 0.6) is 0 Å². The Labute approximate surface area is 106 Å². The second-order valence-electron chi connectivity index (χ2n) is 5.91. The van der Waals surface area contributed by atoms with Crippen LogP contribution < -0.4 is 5.32 Å². The van der Waals surface area contributed by atoms with Gasteiger partial charge in [0.1, 0.15) is 0 Å². The SMILES string of the molecule is CC(C)CCNCC1CCN1C1CCOCC1. The Morgan fingerprint density at radius 3 is 2.59 bits per heavy atom. The molecule has 3 nitrogen and oxygen atoms in total. The van der Waals surface area contributed by atoms with Crippen molar-refractivity contribution in [3.05, 3.63) is 0 Å². The smallest absolute Gasteiger partial charge is 0.0480 e. The van der Waals surface area contributed by atoms with Crippen LogP contribution in [0.3, 0.4) is 0 Å². The van der Waals surface area contributed by atoms with Crippen molar-refractivity contribution in [1.82, 2.24) is 10.2 Å². The second kappa shape index (κ2) is 6.72. The van der Waals surface area contributed by atoms with E-state index in [0.717, 1.165) is 31.2 Å². The Balaban J connectivity index is 1.61. The van der Waals surface area contributed by atoms with Crippen LogP contribution >= 0.6 is 0 Å². The average molecular weight is 240 g/mol. The van der Waals surface area contributed by atoms with E-state index >= 15 is 0 Å². The van der Waals surface area contributed by atoms with Crippen LogP contribution in [-0.2, 0) is 4.74 Å². The van der Waals surface area contributed by atoms with E-state index in [2.05, 4.69) is 24.1 Å². The van der Waals surface area contributed by atoms with E-state index in [1.807, 2.05) is 0 Å². The van der Waals surface area contributed by atoms with Gasteiger partial charge in [-0.3, -0.25) is 4.90 Å². The van der Waals surface area contributed by atoms with Gasteiger partial charge < -0.3 is 10.1 Å². The minimum atomic E-state index is 0.797. The van der Waals surface area contributed by atoms with Gasteiger partial charge in [-0.1, -0.05) is 13.8 Å². The molecule has 17 heavy (non-hydrogen) atoms. The Morgan fingerprint density at radius 2 is 2.00 bits per heavy atom. The number of hydrogen-bond acceptors (Lipinski definition) is 3. The standard InChI is InChI=1S/C14H28N2O/c1-12(2)3-7-15-11-14-4-8-16(14)13-5-9-17-10-6-13/h12-15H,3-11H2,1-2H3. The summed E-state index contributed by atoms with van der Waals surface area (Å²) >= 11 is 0. The van der Waals surface area contributed by atoms with E-state index in [1.54, 1.807) is 0 Å². The molecule has 1 N–H and O–H groups in total. The molecule has 0 bridgehead atoms. The minimum Gasteiger partial charge on any atom is -0.381 e. The van der Waals surface area contributed by atoms with Crippen LogP contribution in [0.1, 0.15) is 39.5 Å². The van der Waals surface area contributed by atoms with Crippen LogP contribution in [0.15, 0.2) is 0 Å². The van der Waals surface area contributed by atoms with E-state index in [1.165, 1.54) is 45.3 Å². The first-order valence-corrected chi connectivity index (χ1v) is 7.31. The molecule has 2 aliphatic heterocycles. The highest BCUT2D eigenvalue weighted by Gasteiger charge is 2.33. The predicted octanol–water partition coefficient (Wildman–Crippen LogP) is 1.88. The van der Waals surface area contributed by atoms with Crippen molar-refractivity contribution in [2.75, 3.05) is 32.8 Å². The van der Waals surface area contributed by atoms with Gasteiger partial charge in [0.05, 0.1) is 0 Å². The summed E-state index contributed by atoms with van der Waals surface area (Å²) in [4.78, 5) is 2.70. The van der Waals surface area contributed by atoms with Gasteiger partial charge in [-0.25, -0.2) is 0 Å². The molecule has 0 spiro atoms. The molecule has 2 aliphatic rings. The summed E-state index contributed by atoms with van der Waals surface area (Å²) in [6.07, 6.45) is 5.15. The summed E-state index contributed by atoms with van der Waals surface area (Å²) in [6.45, 7) is 10.2. The molecule has 0 amide bonds. The Morgan fingerprint density at radius 1 is 1.24 bits per heavy atom. The van der Waals surface area contributed by atoms with Gasteiger partial charge >= 0.3 is 0 Å². The third kappa shape index (κ3) is 3.94. The van der Waals surface area contributed by atoms with Gasteiger partial charge in [0.2, 0.25) is 0 Å². The summed E-state index contributed by atoms with van der Waals surface area (Å²) < 4.78 is 5.44. The highest BCUT2D eigenvalue weighted by atomic mass is 16.5. The Hall–Kier alpha value is -0.120. The van der Waals surface area contributed by atoms with Crippen molar-refractivity contribution in [3.8, 4) is 0 Å². The fraction of sp³-hybridized carbons (Fsp3) is 1.00. The highest BCUT2D eigenvalue weighted by molar-refractivity contribution is 4.90. The van der Waals surface area contributed by atoms with Crippen molar-refractivity contribution >= 4 is 0 Å². The van der Waals surface area contributed by atoms with Crippen molar-refractivity contribution in [2.45, 2.75) is 51.6 Å². The van der Waals surface area contributed by atoms with Gasteiger partial charge in [-0.15, -0.1) is 0 Å². The Kier molecular flexibility index (Phi) is 5.26. The van der Waals surface area contributed by atoms with Crippen molar-refractivity contribution in [3.63, 3.8) is 0 Å². The zero-order valence-electron chi connectivity index (χ0n) is 11.5. The van der Waals surface area contributed by atoms with Crippen molar-refractivity contribution in [2.24, 2.45) is 5.92 Å². The van der Waals surface area contributed by atoms with E-state index in [0.29, 0.717) is 0 Å². The van der Waals surface area contributed by atoms with Gasteiger partial charge in [0, 0.05) is 38.4 Å². The maximum absolute atomic E-state index is 5.44. The molecule has 0 radical (unpaired) electrons. The molecule has 0 aromatic rings. The average Bonchev–Trinajstić information content (AvgIpc) is 2.28. The molecule has 0 saturated carbocycles. The predicted molar refractivity (Wildman–Crippen MR) is 71.3 cm³/mol. The quantitative estimate of drug-likeness (QED) is 0.717. The van der Waals surface area contributed by atoms with Crippen LogP contribution in [-0.4, -0.2) is 49.8 Å². The molecule has 0 aliphatic carbocycles. The Bertz CT molecular complexity index is 214. The van der Waals surface area contributed by atoms with Gasteiger partial charge in [0.25, 0.3) is 0 Å². The molecule has 2 rings (SSSR count). The third-order valence-corrected chi connectivity index (χ3v) is 4.13. The minimum absolute atomic E-state index is 0.797. The van der Waals surface area contributed by atoms with Crippen LogP contribution in [0, 0.1) is 5.92 Å². The fourth-order valence-corrected chi connectivity index (χ4v) is 2.84. The van der Waals surface area contributed by atoms with Gasteiger partial charge in [0.15, 0.2) is 0 Å². The van der Waals surface area contributed by atoms with Crippen molar-refractivity contribution in [1.29, 1.82) is 0 Å². The lowest BCUT2D eigenvalue weighted by Crippen LogP contribution is -2.58. The van der Waals surface area contributed by atoms with E-state index in [-0.39, 0.29) is 0 Å². The fourth-order valence-electron chi connectivity index (χ4n) is 2.84. The van der Waals surface area contributed by atoms with Crippen molar-refractivity contribution < 1.29 is 4.74 Å². The second-order valence-corrected chi connectivity index (χ2v) is 5.91. The zero-order valence-corrected chi connectivity index (χ0v) is 11.5. The first-order chi connectivity index (χ1) is 8.27. The monoisotopic (exact) mass is 240 g/mol. The lowest BCUT2D eigenvalue weighted by Gasteiger charge is -2.47.